The molecule has 0 amide bonds. The predicted octanol–water partition coefficient (Wildman–Crippen LogP) is 2.62. The van der Waals surface area contributed by atoms with Crippen molar-refractivity contribution in [2.75, 3.05) is 24.3 Å². The van der Waals surface area contributed by atoms with Crippen molar-refractivity contribution in [2.24, 2.45) is 7.05 Å². The molecule has 0 spiro atoms. The zero-order valence-electron chi connectivity index (χ0n) is 18.8. The van der Waals surface area contributed by atoms with E-state index in [0.29, 0.717) is 31.2 Å². The van der Waals surface area contributed by atoms with Crippen molar-refractivity contribution in [1.29, 1.82) is 0 Å². The van der Waals surface area contributed by atoms with Gasteiger partial charge in [0, 0.05) is 25.8 Å². The fraction of sp³-hybridized carbons (Fsp3) is 0.542. The topological polar surface area (TPSA) is 80.6 Å². The quantitative estimate of drug-likeness (QED) is 0.689. The highest BCUT2D eigenvalue weighted by molar-refractivity contribution is 7.88. The largest absolute Gasteiger partial charge is 0.376 e. The van der Waals surface area contributed by atoms with E-state index in [1.165, 1.54) is 11.8 Å². The summed E-state index contributed by atoms with van der Waals surface area (Å²) in [6.07, 6.45) is 7.87. The molecular formula is C24H33N3O4S. The third kappa shape index (κ3) is 5.42. The lowest BCUT2D eigenvalue weighted by Crippen LogP contribution is -2.49. The average Bonchev–Trinajstić information content (AvgIpc) is 3.15. The van der Waals surface area contributed by atoms with Crippen LogP contribution in [0.15, 0.2) is 53.5 Å². The second-order valence-corrected chi connectivity index (χ2v) is 10.9. The minimum atomic E-state index is -3.36. The number of nitrogens with one attached hydrogen (secondary N) is 1. The SMILES string of the molecule is Cn1cccc(N2CC[C@H](NS(C)(=O)=O)[C@@H]2COC2CCC(c3ccccc3)CC2)c1=O. The number of hydrogen-bond acceptors (Lipinski definition) is 5. The maximum atomic E-state index is 12.7. The summed E-state index contributed by atoms with van der Waals surface area (Å²) in [5, 5.41) is 0. The number of hydrogen-bond donors (Lipinski definition) is 1. The normalized spacial score (nSPS) is 26.4. The van der Waals surface area contributed by atoms with Crippen LogP contribution in [0.2, 0.25) is 0 Å². The molecule has 4 rings (SSSR count). The van der Waals surface area contributed by atoms with Gasteiger partial charge in [0.25, 0.3) is 5.56 Å². The molecule has 2 fully saturated rings. The van der Waals surface area contributed by atoms with Crippen LogP contribution in [0.3, 0.4) is 0 Å². The Labute approximate surface area is 190 Å². The van der Waals surface area contributed by atoms with Gasteiger partial charge in [-0.2, -0.15) is 0 Å². The molecule has 1 saturated heterocycles. The number of rotatable bonds is 7. The molecule has 0 bridgehead atoms. The molecule has 7 nitrogen and oxygen atoms in total. The Morgan fingerprint density at radius 2 is 1.75 bits per heavy atom. The van der Waals surface area contributed by atoms with Gasteiger partial charge in [-0.05, 0) is 55.7 Å². The molecule has 32 heavy (non-hydrogen) atoms. The van der Waals surface area contributed by atoms with E-state index in [4.69, 9.17) is 4.74 Å². The van der Waals surface area contributed by atoms with Crippen molar-refractivity contribution in [3.8, 4) is 0 Å². The van der Waals surface area contributed by atoms with Crippen molar-refractivity contribution >= 4 is 15.7 Å². The van der Waals surface area contributed by atoms with Crippen LogP contribution >= 0.6 is 0 Å². The second kappa shape index (κ2) is 9.77. The summed E-state index contributed by atoms with van der Waals surface area (Å²) >= 11 is 0. The van der Waals surface area contributed by atoms with Crippen LogP contribution in [-0.4, -0.2) is 50.6 Å². The molecule has 1 saturated carbocycles. The van der Waals surface area contributed by atoms with Crippen molar-refractivity contribution < 1.29 is 13.2 Å². The van der Waals surface area contributed by atoms with Crippen molar-refractivity contribution in [3.05, 3.63) is 64.6 Å². The van der Waals surface area contributed by atoms with Crippen molar-refractivity contribution in [3.63, 3.8) is 0 Å². The fourth-order valence-corrected chi connectivity index (χ4v) is 5.92. The van der Waals surface area contributed by atoms with Crippen LogP contribution in [0.5, 0.6) is 0 Å². The minimum Gasteiger partial charge on any atom is -0.376 e. The monoisotopic (exact) mass is 459 g/mol. The predicted molar refractivity (Wildman–Crippen MR) is 127 cm³/mol. The average molecular weight is 460 g/mol. The standard InChI is InChI=1S/C24H33N3O4S/c1-26-15-6-9-22(24(26)28)27-16-14-21(25-32(2,29)30)23(27)17-31-20-12-10-19(11-13-20)18-7-4-3-5-8-18/h3-9,15,19-21,23,25H,10-14,16-17H2,1-2H3/t19?,20?,21-,23-/m0/s1. The van der Waals surface area contributed by atoms with E-state index >= 15 is 0 Å². The molecule has 0 unspecified atom stereocenters. The highest BCUT2D eigenvalue weighted by atomic mass is 32.2. The number of aryl methyl sites for hydroxylation is 1. The van der Waals surface area contributed by atoms with Gasteiger partial charge in [0.2, 0.25) is 10.0 Å². The zero-order valence-corrected chi connectivity index (χ0v) is 19.6. The molecule has 2 aliphatic rings. The summed E-state index contributed by atoms with van der Waals surface area (Å²) < 4.78 is 34.5. The van der Waals surface area contributed by atoms with Gasteiger partial charge in [0.15, 0.2) is 0 Å². The molecule has 0 radical (unpaired) electrons. The van der Waals surface area contributed by atoms with Gasteiger partial charge >= 0.3 is 0 Å². The number of sulfonamides is 1. The van der Waals surface area contributed by atoms with Gasteiger partial charge in [0.05, 0.1) is 25.0 Å². The number of nitrogens with zero attached hydrogens (tertiary/aromatic N) is 2. The van der Waals surface area contributed by atoms with Crippen molar-refractivity contribution in [1.82, 2.24) is 9.29 Å². The molecule has 2 heterocycles. The highest BCUT2D eigenvalue weighted by Crippen LogP contribution is 2.34. The van der Waals surface area contributed by atoms with E-state index in [9.17, 15) is 13.2 Å². The van der Waals surface area contributed by atoms with Crippen LogP contribution in [0.25, 0.3) is 0 Å². The minimum absolute atomic E-state index is 0.0825. The Morgan fingerprint density at radius 3 is 2.44 bits per heavy atom. The first kappa shape index (κ1) is 23.0. The van der Waals surface area contributed by atoms with Crippen LogP contribution in [-0.2, 0) is 21.8 Å². The summed E-state index contributed by atoms with van der Waals surface area (Å²) in [6, 6.07) is 13.8. The van der Waals surface area contributed by atoms with E-state index in [1.807, 2.05) is 23.1 Å². The van der Waals surface area contributed by atoms with E-state index < -0.39 is 10.0 Å². The molecule has 1 aromatic carbocycles. The van der Waals surface area contributed by atoms with Gasteiger partial charge in [-0.25, -0.2) is 13.1 Å². The van der Waals surface area contributed by atoms with Crippen LogP contribution < -0.4 is 15.2 Å². The smallest absolute Gasteiger partial charge is 0.273 e. The van der Waals surface area contributed by atoms with Gasteiger partial charge in [-0.1, -0.05) is 30.3 Å². The van der Waals surface area contributed by atoms with Crippen LogP contribution in [0.1, 0.15) is 43.6 Å². The molecule has 1 N–H and O–H groups in total. The van der Waals surface area contributed by atoms with Gasteiger partial charge in [-0.15, -0.1) is 0 Å². The molecule has 1 aliphatic carbocycles. The summed E-state index contributed by atoms with van der Waals surface area (Å²) in [4.78, 5) is 14.7. The van der Waals surface area contributed by atoms with Gasteiger partial charge in [0.1, 0.15) is 5.69 Å². The molecular weight excluding hydrogens is 426 g/mol. The molecule has 2 aromatic rings. The number of ether oxygens (including phenoxy) is 1. The first-order valence-corrected chi connectivity index (χ1v) is 13.3. The third-order valence-electron chi connectivity index (χ3n) is 6.77. The Morgan fingerprint density at radius 1 is 1.03 bits per heavy atom. The number of pyridine rings is 1. The Kier molecular flexibility index (Phi) is 7.02. The van der Waals surface area contributed by atoms with E-state index in [2.05, 4.69) is 29.0 Å². The summed E-state index contributed by atoms with van der Waals surface area (Å²) in [6.45, 7) is 1.01. The third-order valence-corrected chi connectivity index (χ3v) is 7.50. The molecule has 174 valence electrons. The summed E-state index contributed by atoms with van der Waals surface area (Å²) in [5.41, 5.74) is 1.90. The van der Waals surface area contributed by atoms with Crippen LogP contribution in [0, 0.1) is 0 Å². The maximum Gasteiger partial charge on any atom is 0.273 e. The molecule has 8 heteroatoms. The molecule has 1 aliphatic heterocycles. The first-order valence-electron chi connectivity index (χ1n) is 11.4. The lowest BCUT2D eigenvalue weighted by Gasteiger charge is -2.33. The van der Waals surface area contributed by atoms with E-state index in [0.717, 1.165) is 25.7 Å². The number of aromatic nitrogens is 1. The first-order chi connectivity index (χ1) is 15.3. The fourth-order valence-electron chi connectivity index (χ4n) is 5.10. The second-order valence-electron chi connectivity index (χ2n) is 9.07. The zero-order chi connectivity index (χ0) is 22.7. The lowest BCUT2D eigenvalue weighted by atomic mass is 9.83. The van der Waals surface area contributed by atoms with Crippen molar-refractivity contribution in [2.45, 2.75) is 56.2 Å². The number of anilines is 1. The highest BCUT2D eigenvalue weighted by Gasteiger charge is 2.38. The van der Waals surface area contributed by atoms with E-state index in [1.54, 1.807) is 17.8 Å². The van der Waals surface area contributed by atoms with E-state index in [-0.39, 0.29) is 23.7 Å². The Bertz CT molecular complexity index is 1060. The lowest BCUT2D eigenvalue weighted by molar-refractivity contribution is 0.0156. The van der Waals surface area contributed by atoms with Gasteiger partial charge in [-0.3, -0.25) is 4.79 Å². The Balaban J connectivity index is 1.43. The van der Waals surface area contributed by atoms with Gasteiger partial charge < -0.3 is 14.2 Å². The van der Waals surface area contributed by atoms with Crippen LogP contribution in [0.4, 0.5) is 5.69 Å². The molecule has 1 aromatic heterocycles. The summed E-state index contributed by atoms with van der Waals surface area (Å²) in [5.74, 6) is 0.575. The summed E-state index contributed by atoms with van der Waals surface area (Å²) in [7, 11) is -1.63. The Hall–Kier alpha value is -2.16. The molecule has 2 atom stereocenters. The number of benzene rings is 1. The maximum absolute atomic E-state index is 12.7.